The van der Waals surface area contributed by atoms with Crippen molar-refractivity contribution < 1.29 is 14.7 Å². The molecular formula is C14H9N3O3. The number of carboxylic acid groups (broad SMARTS) is 1. The Bertz CT molecular complexity index is 823. The molecule has 3 aromatic rings. The number of carbonyl (C=O) groups excluding carboxylic acids is 1. The van der Waals surface area contributed by atoms with E-state index in [0.29, 0.717) is 28.6 Å². The van der Waals surface area contributed by atoms with Gasteiger partial charge in [0.2, 0.25) is 0 Å². The fourth-order valence-electron chi connectivity index (χ4n) is 2.11. The number of nitrogens with zero attached hydrogens (tertiary/aromatic N) is 3. The Morgan fingerprint density at radius 1 is 1.25 bits per heavy atom. The summed E-state index contributed by atoms with van der Waals surface area (Å²) in [4.78, 5) is 26.7. The molecule has 0 aliphatic carbocycles. The Morgan fingerprint density at radius 3 is 2.80 bits per heavy atom. The summed E-state index contributed by atoms with van der Waals surface area (Å²) in [6, 6.07) is 8.41. The van der Waals surface area contributed by atoms with E-state index in [-0.39, 0.29) is 5.69 Å². The molecule has 1 N–H and O–H groups in total. The first-order valence-electron chi connectivity index (χ1n) is 5.83. The summed E-state index contributed by atoms with van der Waals surface area (Å²) < 4.78 is 1.39. The molecule has 6 nitrogen and oxygen atoms in total. The molecule has 0 aliphatic heterocycles. The molecule has 1 aromatic carbocycles. The zero-order valence-corrected chi connectivity index (χ0v) is 10.2. The molecule has 98 valence electrons. The fourth-order valence-corrected chi connectivity index (χ4v) is 2.11. The second kappa shape index (κ2) is 4.58. The van der Waals surface area contributed by atoms with E-state index in [1.54, 1.807) is 42.7 Å². The number of carboxylic acids is 1. The van der Waals surface area contributed by atoms with Gasteiger partial charge in [-0.05, 0) is 11.6 Å². The lowest BCUT2D eigenvalue weighted by atomic mass is 10.0. The van der Waals surface area contributed by atoms with E-state index < -0.39 is 5.97 Å². The number of benzene rings is 1. The minimum absolute atomic E-state index is 0.127. The van der Waals surface area contributed by atoms with Crippen molar-refractivity contribution in [2.24, 2.45) is 0 Å². The van der Waals surface area contributed by atoms with Crippen LogP contribution in [0.1, 0.15) is 20.8 Å². The Hall–Kier alpha value is -3.02. The van der Waals surface area contributed by atoms with Crippen molar-refractivity contribution in [1.82, 2.24) is 14.6 Å². The van der Waals surface area contributed by atoms with Crippen LogP contribution in [0.25, 0.3) is 16.8 Å². The van der Waals surface area contributed by atoms with Crippen molar-refractivity contribution >= 4 is 17.9 Å². The van der Waals surface area contributed by atoms with Crippen LogP contribution >= 0.6 is 0 Å². The van der Waals surface area contributed by atoms with Crippen molar-refractivity contribution in [3.05, 3.63) is 54.0 Å². The predicted octanol–water partition coefficient (Wildman–Crippen LogP) is 1.91. The Labute approximate surface area is 113 Å². The van der Waals surface area contributed by atoms with E-state index in [4.69, 9.17) is 0 Å². The van der Waals surface area contributed by atoms with Crippen molar-refractivity contribution in [3.8, 4) is 11.1 Å². The smallest absolute Gasteiger partial charge is 0.357 e. The molecule has 2 aromatic heterocycles. The van der Waals surface area contributed by atoms with Crippen LogP contribution in [0, 0.1) is 0 Å². The molecule has 3 rings (SSSR count). The van der Waals surface area contributed by atoms with Crippen LogP contribution in [0.15, 0.2) is 42.7 Å². The second-order valence-electron chi connectivity index (χ2n) is 4.12. The van der Waals surface area contributed by atoms with Gasteiger partial charge in [-0.15, -0.1) is 0 Å². The number of aldehydes is 1. The summed E-state index contributed by atoms with van der Waals surface area (Å²) in [6.07, 6.45) is 3.85. The predicted molar refractivity (Wildman–Crippen MR) is 70.8 cm³/mol. The van der Waals surface area contributed by atoms with Crippen molar-refractivity contribution in [3.63, 3.8) is 0 Å². The highest BCUT2D eigenvalue weighted by Crippen LogP contribution is 2.29. The van der Waals surface area contributed by atoms with Gasteiger partial charge in [-0.25, -0.2) is 14.3 Å². The van der Waals surface area contributed by atoms with Gasteiger partial charge in [0.1, 0.15) is 0 Å². The molecule has 2 heterocycles. The van der Waals surface area contributed by atoms with E-state index in [9.17, 15) is 14.7 Å². The normalized spacial score (nSPS) is 10.6. The van der Waals surface area contributed by atoms with Gasteiger partial charge in [-0.3, -0.25) is 4.79 Å². The maximum atomic E-state index is 11.4. The molecule has 20 heavy (non-hydrogen) atoms. The molecule has 0 fully saturated rings. The van der Waals surface area contributed by atoms with Crippen LogP contribution in [0.4, 0.5) is 0 Å². The summed E-state index contributed by atoms with van der Waals surface area (Å²) in [5.41, 5.74) is 1.53. The number of rotatable bonds is 3. The molecule has 0 aliphatic rings. The number of hydrogen-bond donors (Lipinski definition) is 1. The fraction of sp³-hybridized carbons (Fsp3) is 0. The first-order chi connectivity index (χ1) is 9.72. The van der Waals surface area contributed by atoms with E-state index in [1.807, 2.05) is 0 Å². The molecule has 6 heteroatoms. The van der Waals surface area contributed by atoms with Gasteiger partial charge >= 0.3 is 5.97 Å². The number of carbonyl (C=O) groups is 2. The van der Waals surface area contributed by atoms with Gasteiger partial charge in [0.05, 0.1) is 5.56 Å². The Balaban J connectivity index is 2.42. The molecule has 0 amide bonds. The first kappa shape index (κ1) is 12.0. The van der Waals surface area contributed by atoms with Crippen LogP contribution < -0.4 is 0 Å². The second-order valence-corrected chi connectivity index (χ2v) is 4.12. The third-order valence-corrected chi connectivity index (χ3v) is 2.95. The molecule has 0 saturated carbocycles. The SMILES string of the molecule is O=Cc1ccccc1-c1c(C(=O)O)nn2cccnc12. The number of aromatic carboxylic acids is 1. The monoisotopic (exact) mass is 267 g/mol. The van der Waals surface area contributed by atoms with E-state index >= 15 is 0 Å². The maximum absolute atomic E-state index is 11.4. The lowest BCUT2D eigenvalue weighted by Gasteiger charge is -2.03. The highest BCUT2D eigenvalue weighted by molar-refractivity contribution is 6.02. The standard InChI is InChI=1S/C14H9N3O3/c18-8-9-4-1-2-5-10(9)11-12(14(19)20)16-17-7-3-6-15-13(11)17/h1-8H,(H,19,20). The van der Waals surface area contributed by atoms with Crippen LogP contribution in [0.5, 0.6) is 0 Å². The largest absolute Gasteiger partial charge is 0.476 e. The average Bonchev–Trinajstić information content (AvgIpc) is 2.86. The third kappa shape index (κ3) is 1.74. The molecular weight excluding hydrogens is 258 g/mol. The molecule has 0 radical (unpaired) electrons. The van der Waals surface area contributed by atoms with Gasteiger partial charge in [0.15, 0.2) is 17.6 Å². The Morgan fingerprint density at radius 2 is 2.05 bits per heavy atom. The van der Waals surface area contributed by atoms with Gasteiger partial charge in [-0.2, -0.15) is 5.10 Å². The highest BCUT2D eigenvalue weighted by Gasteiger charge is 2.22. The highest BCUT2D eigenvalue weighted by atomic mass is 16.4. The van der Waals surface area contributed by atoms with Gasteiger partial charge in [0, 0.05) is 18.0 Å². The summed E-state index contributed by atoms with van der Waals surface area (Å²) >= 11 is 0. The van der Waals surface area contributed by atoms with Crippen LogP contribution in [0.2, 0.25) is 0 Å². The lowest BCUT2D eigenvalue weighted by molar-refractivity contribution is 0.0690. The van der Waals surface area contributed by atoms with E-state index in [1.165, 1.54) is 4.52 Å². The van der Waals surface area contributed by atoms with Crippen molar-refractivity contribution in [2.75, 3.05) is 0 Å². The van der Waals surface area contributed by atoms with Gasteiger partial charge in [0.25, 0.3) is 0 Å². The first-order valence-corrected chi connectivity index (χ1v) is 5.83. The molecule has 0 atom stereocenters. The number of fused-ring (bicyclic) bond motifs is 1. The molecule has 0 unspecified atom stereocenters. The topological polar surface area (TPSA) is 84.6 Å². The summed E-state index contributed by atoms with van der Waals surface area (Å²) in [6.45, 7) is 0. The number of hydrogen-bond acceptors (Lipinski definition) is 4. The zero-order valence-electron chi connectivity index (χ0n) is 10.2. The van der Waals surface area contributed by atoms with Crippen molar-refractivity contribution in [1.29, 1.82) is 0 Å². The van der Waals surface area contributed by atoms with Gasteiger partial charge < -0.3 is 5.11 Å². The van der Waals surface area contributed by atoms with Crippen LogP contribution in [-0.2, 0) is 0 Å². The lowest BCUT2D eigenvalue weighted by Crippen LogP contribution is -2.00. The molecule has 0 saturated heterocycles. The number of aromatic nitrogens is 3. The average molecular weight is 267 g/mol. The third-order valence-electron chi connectivity index (χ3n) is 2.95. The molecule has 0 bridgehead atoms. The maximum Gasteiger partial charge on any atom is 0.357 e. The van der Waals surface area contributed by atoms with E-state index in [2.05, 4.69) is 10.1 Å². The summed E-state index contributed by atoms with van der Waals surface area (Å²) in [5, 5.41) is 13.3. The summed E-state index contributed by atoms with van der Waals surface area (Å²) in [5.74, 6) is -1.16. The van der Waals surface area contributed by atoms with E-state index in [0.717, 1.165) is 0 Å². The minimum Gasteiger partial charge on any atom is -0.476 e. The van der Waals surface area contributed by atoms with Gasteiger partial charge in [-0.1, -0.05) is 24.3 Å². The van der Waals surface area contributed by atoms with Crippen molar-refractivity contribution in [2.45, 2.75) is 0 Å². The van der Waals surface area contributed by atoms with Crippen LogP contribution in [0.3, 0.4) is 0 Å². The summed E-state index contributed by atoms with van der Waals surface area (Å²) in [7, 11) is 0. The molecule has 0 spiro atoms. The van der Waals surface area contributed by atoms with Crippen LogP contribution in [-0.4, -0.2) is 32.0 Å². The Kier molecular flexibility index (Phi) is 2.76. The quantitative estimate of drug-likeness (QED) is 0.733. The zero-order chi connectivity index (χ0) is 14.1. The minimum atomic E-state index is -1.16.